The maximum atomic E-state index is 13.5. The number of nitrogen functional groups attached to an aromatic ring is 1. The molecule has 0 atom stereocenters. The molecule has 0 amide bonds. The van der Waals surface area contributed by atoms with Gasteiger partial charge in [-0.1, -0.05) is 35.7 Å². The minimum Gasteiger partial charge on any atom is -0.308 e. The van der Waals surface area contributed by atoms with E-state index in [1.54, 1.807) is 24.3 Å². The number of aromatic nitrogens is 2. The van der Waals surface area contributed by atoms with Crippen LogP contribution in [0, 0.1) is 5.82 Å². The molecule has 0 radical (unpaired) electrons. The summed E-state index contributed by atoms with van der Waals surface area (Å²) in [6.07, 6.45) is 1.87. The van der Waals surface area contributed by atoms with Crippen molar-refractivity contribution in [2.24, 2.45) is 5.84 Å². The number of hydrogen-bond donors (Lipinski definition) is 2. The van der Waals surface area contributed by atoms with Crippen molar-refractivity contribution in [3.05, 3.63) is 36.1 Å². The van der Waals surface area contributed by atoms with E-state index in [-0.39, 0.29) is 5.82 Å². The molecule has 0 saturated carbocycles. The topological polar surface area (TPSA) is 63.8 Å². The summed E-state index contributed by atoms with van der Waals surface area (Å²) in [4.78, 5) is 8.95. The van der Waals surface area contributed by atoms with Gasteiger partial charge in [-0.15, -0.1) is 0 Å². The van der Waals surface area contributed by atoms with Crippen LogP contribution < -0.4 is 11.3 Å². The first-order valence-electron chi connectivity index (χ1n) is 5.05. The Balaban J connectivity index is 2.31. The maximum Gasteiger partial charge on any atom is 0.190 e. The first-order chi connectivity index (χ1) is 8.72. The van der Waals surface area contributed by atoms with Crippen molar-refractivity contribution >= 4 is 29.3 Å². The van der Waals surface area contributed by atoms with E-state index in [4.69, 9.17) is 5.84 Å². The van der Waals surface area contributed by atoms with Crippen molar-refractivity contribution in [3.63, 3.8) is 0 Å². The van der Waals surface area contributed by atoms with Crippen LogP contribution in [0.25, 0.3) is 0 Å². The molecular weight excluding hydrogens is 271 g/mol. The third kappa shape index (κ3) is 3.12. The summed E-state index contributed by atoms with van der Waals surface area (Å²) in [5.74, 6) is 5.57. The fraction of sp³-hybridized carbons (Fsp3) is 0.0909. The molecule has 3 N–H and O–H groups in total. The zero-order valence-electron chi connectivity index (χ0n) is 9.55. The fourth-order valence-corrected chi connectivity index (χ4v) is 2.54. The van der Waals surface area contributed by atoms with Crippen molar-refractivity contribution in [1.82, 2.24) is 9.97 Å². The van der Waals surface area contributed by atoms with Crippen LogP contribution in [0.1, 0.15) is 0 Å². The van der Waals surface area contributed by atoms with E-state index in [1.807, 2.05) is 6.26 Å². The molecule has 1 aromatic carbocycles. The van der Waals surface area contributed by atoms with Crippen LogP contribution in [0.15, 0.2) is 45.4 Å². The van der Waals surface area contributed by atoms with Crippen LogP contribution in [0.2, 0.25) is 0 Å². The highest BCUT2D eigenvalue weighted by molar-refractivity contribution is 7.99. The highest BCUT2D eigenvalue weighted by Crippen LogP contribution is 2.30. The summed E-state index contributed by atoms with van der Waals surface area (Å²) in [5, 5.41) is 1.23. The Morgan fingerprint density at radius 2 is 2.06 bits per heavy atom. The summed E-state index contributed by atoms with van der Waals surface area (Å²) in [6.45, 7) is 0. The second-order valence-electron chi connectivity index (χ2n) is 3.25. The quantitative estimate of drug-likeness (QED) is 0.295. The highest BCUT2D eigenvalue weighted by Gasteiger charge is 2.08. The van der Waals surface area contributed by atoms with Gasteiger partial charge in [0.1, 0.15) is 16.7 Å². The molecular formula is C11H11FN4S2. The van der Waals surface area contributed by atoms with Crippen molar-refractivity contribution in [2.45, 2.75) is 15.1 Å². The molecule has 18 heavy (non-hydrogen) atoms. The van der Waals surface area contributed by atoms with Gasteiger partial charge in [0.05, 0.1) is 0 Å². The highest BCUT2D eigenvalue weighted by atomic mass is 32.2. The molecule has 1 heterocycles. The van der Waals surface area contributed by atoms with Crippen molar-refractivity contribution in [1.29, 1.82) is 0 Å². The van der Waals surface area contributed by atoms with E-state index >= 15 is 0 Å². The molecule has 7 heteroatoms. The smallest absolute Gasteiger partial charge is 0.190 e. The van der Waals surface area contributed by atoms with Crippen LogP contribution in [0.3, 0.4) is 0 Å². The van der Waals surface area contributed by atoms with Crippen molar-refractivity contribution < 1.29 is 4.39 Å². The number of hydrogen-bond acceptors (Lipinski definition) is 6. The largest absolute Gasteiger partial charge is 0.308 e. The maximum absolute atomic E-state index is 13.5. The van der Waals surface area contributed by atoms with Gasteiger partial charge >= 0.3 is 0 Å². The van der Waals surface area contributed by atoms with Gasteiger partial charge in [0.15, 0.2) is 5.16 Å². The number of hydrazine groups is 1. The Morgan fingerprint density at radius 3 is 2.72 bits per heavy atom. The summed E-state index contributed by atoms with van der Waals surface area (Å²) < 4.78 is 13.5. The number of nitrogens with one attached hydrogen (secondary N) is 1. The predicted octanol–water partition coefficient (Wildman–Crippen LogP) is 2.77. The molecule has 0 spiro atoms. The lowest BCUT2D eigenvalue weighted by atomic mass is 10.3. The van der Waals surface area contributed by atoms with Crippen LogP contribution in [-0.2, 0) is 0 Å². The molecule has 0 aliphatic rings. The number of nitrogens with zero attached hydrogens (tertiary/aromatic N) is 2. The molecule has 2 aromatic rings. The summed E-state index contributed by atoms with van der Waals surface area (Å²) in [6, 6.07) is 8.23. The molecule has 0 aliphatic heterocycles. The summed E-state index contributed by atoms with van der Waals surface area (Å²) >= 11 is 2.64. The Labute approximate surface area is 113 Å². The molecule has 0 fully saturated rings. The molecule has 0 unspecified atom stereocenters. The predicted molar refractivity (Wildman–Crippen MR) is 72.1 cm³/mol. The number of rotatable bonds is 4. The molecule has 0 saturated heterocycles. The number of nitrogens with two attached hydrogens (primary N) is 1. The first-order valence-corrected chi connectivity index (χ1v) is 7.09. The SMILES string of the molecule is CSc1nc(NN)cc(Sc2ccccc2F)n1. The zero-order chi connectivity index (χ0) is 13.0. The van der Waals surface area contributed by atoms with E-state index in [2.05, 4.69) is 15.4 Å². The van der Waals surface area contributed by atoms with Gasteiger partial charge in [-0.05, 0) is 18.4 Å². The van der Waals surface area contributed by atoms with E-state index in [9.17, 15) is 4.39 Å². The van der Waals surface area contributed by atoms with E-state index in [1.165, 1.54) is 29.6 Å². The second kappa shape index (κ2) is 6.03. The van der Waals surface area contributed by atoms with Crippen molar-refractivity contribution in [2.75, 3.05) is 11.7 Å². The van der Waals surface area contributed by atoms with Crippen LogP contribution in [0.4, 0.5) is 10.2 Å². The first kappa shape index (κ1) is 13.1. The van der Waals surface area contributed by atoms with Gasteiger partial charge < -0.3 is 5.43 Å². The third-order valence-electron chi connectivity index (χ3n) is 2.06. The Morgan fingerprint density at radius 1 is 1.28 bits per heavy atom. The monoisotopic (exact) mass is 282 g/mol. The molecule has 2 rings (SSSR count). The van der Waals surface area contributed by atoms with Gasteiger partial charge in [-0.2, -0.15) is 0 Å². The Hall–Kier alpha value is -1.31. The second-order valence-corrected chi connectivity index (χ2v) is 5.09. The minimum absolute atomic E-state index is 0.269. The minimum atomic E-state index is -0.269. The average molecular weight is 282 g/mol. The third-order valence-corrected chi connectivity index (χ3v) is 3.58. The summed E-state index contributed by atoms with van der Waals surface area (Å²) in [7, 11) is 0. The Kier molecular flexibility index (Phi) is 4.40. The lowest BCUT2D eigenvalue weighted by Gasteiger charge is -2.06. The van der Waals surface area contributed by atoms with Gasteiger partial charge in [0, 0.05) is 11.0 Å². The molecule has 0 bridgehead atoms. The number of anilines is 1. The number of thioether (sulfide) groups is 1. The van der Waals surface area contributed by atoms with Gasteiger partial charge in [0.25, 0.3) is 0 Å². The average Bonchev–Trinajstić information content (AvgIpc) is 2.41. The van der Waals surface area contributed by atoms with Gasteiger partial charge in [-0.25, -0.2) is 20.2 Å². The van der Waals surface area contributed by atoms with Crippen LogP contribution >= 0.6 is 23.5 Å². The molecule has 0 aliphatic carbocycles. The normalized spacial score (nSPS) is 10.4. The van der Waals surface area contributed by atoms with Gasteiger partial charge in [0.2, 0.25) is 0 Å². The standard InChI is InChI=1S/C11H11FN4S2/c1-17-11-14-9(16-13)6-10(15-11)18-8-5-3-2-4-7(8)12/h2-6H,13H2,1H3,(H,14,15,16). The van der Waals surface area contributed by atoms with Crippen molar-refractivity contribution in [3.8, 4) is 0 Å². The number of halogens is 1. The number of benzene rings is 1. The van der Waals surface area contributed by atoms with Crippen LogP contribution in [0.5, 0.6) is 0 Å². The van der Waals surface area contributed by atoms with E-state index < -0.39 is 0 Å². The lowest BCUT2D eigenvalue weighted by molar-refractivity contribution is 0.602. The van der Waals surface area contributed by atoms with Gasteiger partial charge in [-0.3, -0.25) is 0 Å². The molecule has 4 nitrogen and oxygen atoms in total. The summed E-state index contributed by atoms with van der Waals surface area (Å²) in [5.41, 5.74) is 2.47. The van der Waals surface area contributed by atoms with E-state index in [0.29, 0.717) is 20.9 Å². The zero-order valence-corrected chi connectivity index (χ0v) is 11.2. The van der Waals surface area contributed by atoms with Crippen LogP contribution in [-0.4, -0.2) is 16.2 Å². The molecule has 1 aromatic heterocycles. The lowest BCUT2D eigenvalue weighted by Crippen LogP contribution is -2.09. The van der Waals surface area contributed by atoms with E-state index in [0.717, 1.165) is 0 Å². The molecule has 94 valence electrons. The Bertz CT molecular complexity index is 528. The fourth-order valence-electron chi connectivity index (χ4n) is 1.26.